The number of nitrogens with one attached hydrogen (secondary N) is 2. The van der Waals surface area contributed by atoms with Crippen LogP contribution in [0.2, 0.25) is 0 Å². The van der Waals surface area contributed by atoms with Gasteiger partial charge in [-0.15, -0.1) is 11.3 Å². The van der Waals surface area contributed by atoms with Gasteiger partial charge in [0.2, 0.25) is 0 Å². The van der Waals surface area contributed by atoms with Gasteiger partial charge in [-0.05, 0) is 20.3 Å². The molecule has 2 aromatic heterocycles. The van der Waals surface area contributed by atoms with E-state index in [-0.39, 0.29) is 6.04 Å². The van der Waals surface area contributed by atoms with Crippen molar-refractivity contribution in [2.24, 2.45) is 0 Å². The third kappa shape index (κ3) is 2.92. The fourth-order valence-corrected chi connectivity index (χ4v) is 2.74. The molecule has 2 N–H and O–H groups in total. The third-order valence-electron chi connectivity index (χ3n) is 2.77. The molecule has 1 atom stereocenters. The van der Waals surface area contributed by atoms with E-state index in [0.717, 1.165) is 29.5 Å². The molecule has 4 nitrogen and oxygen atoms in total. The van der Waals surface area contributed by atoms with Gasteiger partial charge in [-0.2, -0.15) is 0 Å². The number of hydrogen-bond donors (Lipinski definition) is 2. The van der Waals surface area contributed by atoms with Crippen molar-refractivity contribution in [3.63, 3.8) is 0 Å². The molecule has 0 aliphatic rings. The van der Waals surface area contributed by atoms with Crippen molar-refractivity contribution >= 4 is 11.3 Å². The van der Waals surface area contributed by atoms with Crippen LogP contribution in [0.4, 0.5) is 0 Å². The minimum atomic E-state index is 0.284. The predicted molar refractivity (Wildman–Crippen MR) is 70.0 cm³/mol. The smallest absolute Gasteiger partial charge is 0.123 e. The molecule has 0 radical (unpaired) electrons. The van der Waals surface area contributed by atoms with Crippen LogP contribution in [0.15, 0.2) is 12.4 Å². The van der Waals surface area contributed by atoms with E-state index < -0.39 is 0 Å². The molecule has 0 saturated carbocycles. The molecule has 0 fully saturated rings. The van der Waals surface area contributed by atoms with E-state index in [9.17, 15) is 0 Å². The molecular formula is C12H18N4S. The fraction of sp³-hybridized carbons (Fsp3) is 0.500. The van der Waals surface area contributed by atoms with Crippen LogP contribution in [0.1, 0.15) is 40.8 Å². The molecule has 0 spiro atoms. The number of H-pyrrole nitrogens is 1. The Bertz CT molecular complexity index is 461. The molecule has 2 heterocycles. The first-order valence-corrected chi connectivity index (χ1v) is 6.68. The minimum Gasteiger partial charge on any atom is -0.347 e. The van der Waals surface area contributed by atoms with Gasteiger partial charge in [0.15, 0.2) is 0 Å². The van der Waals surface area contributed by atoms with E-state index in [1.165, 1.54) is 4.88 Å². The second kappa shape index (κ2) is 5.42. The number of nitrogens with zero attached hydrogens (tertiary/aromatic N) is 2. The van der Waals surface area contributed by atoms with Crippen LogP contribution in [0.3, 0.4) is 0 Å². The summed E-state index contributed by atoms with van der Waals surface area (Å²) in [6, 6.07) is 0.284. The van der Waals surface area contributed by atoms with Gasteiger partial charge in [0.1, 0.15) is 5.82 Å². The van der Waals surface area contributed by atoms with E-state index in [1.54, 1.807) is 17.5 Å². The van der Waals surface area contributed by atoms with Crippen molar-refractivity contribution in [3.8, 4) is 0 Å². The Kier molecular flexibility index (Phi) is 3.91. The van der Waals surface area contributed by atoms with Crippen LogP contribution in [0.5, 0.6) is 0 Å². The summed E-state index contributed by atoms with van der Waals surface area (Å²) < 4.78 is 0. The van der Waals surface area contributed by atoms with Crippen LogP contribution >= 0.6 is 11.3 Å². The van der Waals surface area contributed by atoms with Crippen LogP contribution in [0.25, 0.3) is 0 Å². The molecule has 17 heavy (non-hydrogen) atoms. The number of aryl methyl sites for hydroxylation is 2. The van der Waals surface area contributed by atoms with Crippen molar-refractivity contribution < 1.29 is 0 Å². The number of imidazole rings is 1. The molecule has 2 aromatic rings. The zero-order chi connectivity index (χ0) is 12.3. The number of aromatic amines is 1. The molecule has 5 heteroatoms. The Morgan fingerprint density at radius 1 is 1.47 bits per heavy atom. The molecule has 1 unspecified atom stereocenters. The summed E-state index contributed by atoms with van der Waals surface area (Å²) in [4.78, 5) is 13.2. The zero-order valence-electron chi connectivity index (χ0n) is 10.4. The molecule has 92 valence electrons. The van der Waals surface area contributed by atoms with Gasteiger partial charge in [0.05, 0.1) is 16.7 Å². The largest absolute Gasteiger partial charge is 0.347 e. The normalized spacial score (nSPS) is 12.9. The Balaban J connectivity index is 1.99. The molecule has 0 bridgehead atoms. The van der Waals surface area contributed by atoms with Crippen molar-refractivity contribution in [1.29, 1.82) is 0 Å². The lowest BCUT2D eigenvalue weighted by atomic mass is 10.2. The lowest BCUT2D eigenvalue weighted by Gasteiger charge is -2.13. The maximum atomic E-state index is 4.43. The monoisotopic (exact) mass is 250 g/mol. The van der Waals surface area contributed by atoms with Crippen LogP contribution < -0.4 is 5.32 Å². The second-order valence-corrected chi connectivity index (χ2v) is 5.35. The third-order valence-corrected chi connectivity index (χ3v) is 3.84. The highest BCUT2D eigenvalue weighted by atomic mass is 32.1. The van der Waals surface area contributed by atoms with Crippen molar-refractivity contribution in [2.45, 2.75) is 39.8 Å². The Morgan fingerprint density at radius 3 is 2.82 bits per heavy atom. The predicted octanol–water partition coefficient (Wildman–Crippen LogP) is 2.72. The zero-order valence-corrected chi connectivity index (χ0v) is 11.3. The average Bonchev–Trinajstić information content (AvgIpc) is 2.90. The lowest BCUT2D eigenvalue weighted by Crippen LogP contribution is -2.21. The summed E-state index contributed by atoms with van der Waals surface area (Å²) >= 11 is 1.76. The molecule has 0 aliphatic carbocycles. The maximum absolute atomic E-state index is 4.43. The van der Waals surface area contributed by atoms with Gasteiger partial charge in [-0.25, -0.2) is 9.97 Å². The van der Waals surface area contributed by atoms with Crippen molar-refractivity contribution in [3.05, 3.63) is 33.8 Å². The summed E-state index contributed by atoms with van der Waals surface area (Å²) in [5, 5.41) is 4.65. The first-order chi connectivity index (χ1) is 8.20. The fourth-order valence-electron chi connectivity index (χ4n) is 1.86. The highest BCUT2D eigenvalue weighted by Crippen LogP contribution is 2.19. The average molecular weight is 250 g/mol. The van der Waals surface area contributed by atoms with Gasteiger partial charge in [0.25, 0.3) is 0 Å². The van der Waals surface area contributed by atoms with Gasteiger partial charge in [-0.1, -0.05) is 6.92 Å². The summed E-state index contributed by atoms with van der Waals surface area (Å²) in [6.07, 6.45) is 4.67. The van der Waals surface area contributed by atoms with E-state index in [4.69, 9.17) is 0 Å². The maximum Gasteiger partial charge on any atom is 0.123 e. The summed E-state index contributed by atoms with van der Waals surface area (Å²) in [5.74, 6) is 1.01. The van der Waals surface area contributed by atoms with Gasteiger partial charge < -0.3 is 10.3 Å². The van der Waals surface area contributed by atoms with Crippen LogP contribution in [-0.2, 0) is 6.54 Å². The number of rotatable bonds is 5. The Hall–Kier alpha value is -1.20. The van der Waals surface area contributed by atoms with E-state index in [1.807, 2.05) is 13.1 Å². The molecule has 0 aromatic carbocycles. The SMILES string of the molecule is CCC(NCc1sc(C)nc1C)c1ncc[nH]1. The van der Waals surface area contributed by atoms with Crippen molar-refractivity contribution in [1.82, 2.24) is 20.3 Å². The van der Waals surface area contributed by atoms with Crippen LogP contribution in [0, 0.1) is 13.8 Å². The summed E-state index contributed by atoms with van der Waals surface area (Å²) in [7, 11) is 0. The quantitative estimate of drug-likeness (QED) is 0.858. The Morgan fingerprint density at radius 2 is 2.29 bits per heavy atom. The van der Waals surface area contributed by atoms with E-state index >= 15 is 0 Å². The number of aromatic nitrogens is 3. The molecule has 0 amide bonds. The van der Waals surface area contributed by atoms with Gasteiger partial charge in [-0.3, -0.25) is 0 Å². The summed E-state index contributed by atoms with van der Waals surface area (Å²) in [6.45, 7) is 7.13. The van der Waals surface area contributed by atoms with Crippen LogP contribution in [-0.4, -0.2) is 15.0 Å². The Labute approximate surface area is 106 Å². The van der Waals surface area contributed by atoms with E-state index in [0.29, 0.717) is 0 Å². The molecular weight excluding hydrogens is 232 g/mol. The molecule has 2 rings (SSSR count). The lowest BCUT2D eigenvalue weighted by molar-refractivity contribution is 0.499. The topological polar surface area (TPSA) is 53.6 Å². The first-order valence-electron chi connectivity index (χ1n) is 5.86. The van der Waals surface area contributed by atoms with Gasteiger partial charge >= 0.3 is 0 Å². The highest BCUT2D eigenvalue weighted by Gasteiger charge is 2.12. The second-order valence-electron chi connectivity index (χ2n) is 4.06. The minimum absolute atomic E-state index is 0.284. The van der Waals surface area contributed by atoms with E-state index in [2.05, 4.69) is 34.1 Å². The molecule has 0 aliphatic heterocycles. The highest BCUT2D eigenvalue weighted by molar-refractivity contribution is 7.11. The number of hydrogen-bond acceptors (Lipinski definition) is 4. The first kappa shape index (κ1) is 12.3. The van der Waals surface area contributed by atoms with Gasteiger partial charge in [0, 0.05) is 23.8 Å². The van der Waals surface area contributed by atoms with Crippen molar-refractivity contribution in [2.75, 3.05) is 0 Å². The summed E-state index contributed by atoms with van der Waals surface area (Å²) in [5.41, 5.74) is 1.13. The number of thiazole rings is 1. The standard InChI is InChI=1S/C12H18N4S/c1-4-10(12-13-5-6-14-12)15-7-11-8(2)16-9(3)17-11/h5-6,10,15H,4,7H2,1-3H3,(H,13,14). The molecule has 0 saturated heterocycles.